The molecule has 0 aliphatic rings. The lowest BCUT2D eigenvalue weighted by Gasteiger charge is -2.17. The van der Waals surface area contributed by atoms with E-state index in [1.54, 1.807) is 6.07 Å². The van der Waals surface area contributed by atoms with Crippen molar-refractivity contribution in [3.8, 4) is 0 Å². The summed E-state index contributed by atoms with van der Waals surface area (Å²) in [6, 6.07) is 9.57. The van der Waals surface area contributed by atoms with E-state index >= 15 is 0 Å². The molecule has 0 bridgehead atoms. The number of nitrogens with zero attached hydrogens (tertiary/aromatic N) is 2. The summed E-state index contributed by atoms with van der Waals surface area (Å²) in [5.74, 6) is -0.857. The van der Waals surface area contributed by atoms with E-state index in [4.69, 9.17) is 0 Å². The Morgan fingerprint density at radius 3 is 2.57 bits per heavy atom. The molecule has 2 aromatic rings. The molecular weight excluding hydrogens is 273 g/mol. The van der Waals surface area contributed by atoms with E-state index in [0.29, 0.717) is 5.69 Å². The van der Waals surface area contributed by atoms with E-state index < -0.39 is 16.4 Å². The lowest BCUT2D eigenvalue weighted by molar-refractivity contribution is -0.386. The Morgan fingerprint density at radius 2 is 1.95 bits per heavy atom. The van der Waals surface area contributed by atoms with Gasteiger partial charge in [-0.25, -0.2) is 0 Å². The Morgan fingerprint density at radius 1 is 1.24 bits per heavy atom. The second-order valence-electron chi connectivity index (χ2n) is 4.91. The van der Waals surface area contributed by atoms with Crippen LogP contribution in [0.1, 0.15) is 5.56 Å². The number of anilines is 3. The van der Waals surface area contributed by atoms with Gasteiger partial charge in [-0.1, -0.05) is 12.1 Å². The number of nitrogens with one attached hydrogen (secondary N) is 1. The number of halogens is 1. The summed E-state index contributed by atoms with van der Waals surface area (Å²) in [7, 11) is 3.83. The maximum absolute atomic E-state index is 13.6. The maximum Gasteiger partial charge on any atom is 0.327 e. The SMILES string of the molecule is Cc1ccc(Nc2cccc(F)c2[N+](=O)[O-])cc1N(C)C. The summed E-state index contributed by atoms with van der Waals surface area (Å²) in [5, 5.41) is 13.9. The van der Waals surface area contributed by atoms with E-state index in [0.717, 1.165) is 17.3 Å². The molecule has 0 aromatic heterocycles. The molecule has 0 fully saturated rings. The van der Waals surface area contributed by atoms with Crippen LogP contribution < -0.4 is 10.2 Å². The first-order chi connectivity index (χ1) is 9.90. The number of hydrogen-bond acceptors (Lipinski definition) is 4. The second-order valence-corrected chi connectivity index (χ2v) is 4.91. The summed E-state index contributed by atoms with van der Waals surface area (Å²) in [6.07, 6.45) is 0. The van der Waals surface area contributed by atoms with Crippen molar-refractivity contribution in [2.45, 2.75) is 6.92 Å². The number of hydrogen-bond donors (Lipinski definition) is 1. The average molecular weight is 289 g/mol. The van der Waals surface area contributed by atoms with Gasteiger partial charge >= 0.3 is 5.69 Å². The third-order valence-electron chi connectivity index (χ3n) is 3.14. The van der Waals surface area contributed by atoms with Crippen molar-refractivity contribution in [1.29, 1.82) is 0 Å². The van der Waals surface area contributed by atoms with Crippen molar-refractivity contribution in [2.75, 3.05) is 24.3 Å². The monoisotopic (exact) mass is 289 g/mol. The van der Waals surface area contributed by atoms with Gasteiger partial charge in [0.25, 0.3) is 0 Å². The van der Waals surface area contributed by atoms with Crippen LogP contribution in [0.4, 0.5) is 27.1 Å². The number of aryl methyl sites for hydroxylation is 1. The fourth-order valence-corrected chi connectivity index (χ4v) is 2.13. The van der Waals surface area contributed by atoms with Crippen molar-refractivity contribution in [3.05, 3.63) is 57.9 Å². The number of nitro groups is 1. The van der Waals surface area contributed by atoms with Crippen LogP contribution >= 0.6 is 0 Å². The van der Waals surface area contributed by atoms with Gasteiger partial charge in [-0.15, -0.1) is 0 Å². The van der Waals surface area contributed by atoms with Gasteiger partial charge in [0, 0.05) is 25.5 Å². The van der Waals surface area contributed by atoms with Gasteiger partial charge in [-0.3, -0.25) is 10.1 Å². The standard InChI is InChI=1S/C15H16FN3O2/c1-10-7-8-11(9-14(10)18(2)3)17-13-6-4-5-12(16)15(13)19(20)21/h4-9,17H,1-3H3. The quantitative estimate of drug-likeness (QED) is 0.686. The summed E-state index contributed by atoms with van der Waals surface area (Å²) in [4.78, 5) is 12.2. The van der Waals surface area contributed by atoms with Crippen molar-refractivity contribution in [2.24, 2.45) is 0 Å². The lowest BCUT2D eigenvalue weighted by Crippen LogP contribution is -2.10. The molecule has 0 amide bonds. The molecule has 0 heterocycles. The fraction of sp³-hybridized carbons (Fsp3) is 0.200. The minimum Gasteiger partial charge on any atom is -0.377 e. The van der Waals surface area contributed by atoms with E-state index in [1.807, 2.05) is 38.1 Å². The number of rotatable bonds is 4. The Labute approximate surface area is 122 Å². The Balaban J connectivity index is 2.42. The molecule has 21 heavy (non-hydrogen) atoms. The average Bonchev–Trinajstić information content (AvgIpc) is 2.40. The van der Waals surface area contributed by atoms with Gasteiger partial charge < -0.3 is 10.2 Å². The van der Waals surface area contributed by atoms with Gasteiger partial charge in [-0.2, -0.15) is 4.39 Å². The molecule has 0 aliphatic heterocycles. The molecule has 6 heteroatoms. The van der Waals surface area contributed by atoms with E-state index in [1.165, 1.54) is 12.1 Å². The molecule has 0 atom stereocenters. The van der Waals surface area contributed by atoms with Crippen LogP contribution in [0.25, 0.3) is 0 Å². The van der Waals surface area contributed by atoms with Crippen LogP contribution in [0, 0.1) is 22.9 Å². The third-order valence-corrected chi connectivity index (χ3v) is 3.14. The number of benzene rings is 2. The zero-order valence-electron chi connectivity index (χ0n) is 12.1. The highest BCUT2D eigenvalue weighted by atomic mass is 19.1. The molecule has 0 unspecified atom stereocenters. The first-order valence-corrected chi connectivity index (χ1v) is 6.38. The second kappa shape index (κ2) is 5.78. The van der Waals surface area contributed by atoms with Crippen LogP contribution in [0.15, 0.2) is 36.4 Å². The highest BCUT2D eigenvalue weighted by molar-refractivity contribution is 5.72. The molecule has 2 aromatic carbocycles. The van der Waals surface area contributed by atoms with E-state index in [-0.39, 0.29) is 5.69 Å². The zero-order chi connectivity index (χ0) is 15.6. The first kappa shape index (κ1) is 14.8. The van der Waals surface area contributed by atoms with Crippen molar-refractivity contribution >= 4 is 22.7 Å². The van der Waals surface area contributed by atoms with Gasteiger partial charge in [0.1, 0.15) is 5.69 Å². The predicted octanol–water partition coefficient (Wildman–Crippen LogP) is 3.85. The van der Waals surface area contributed by atoms with Gasteiger partial charge in [0.05, 0.1) is 4.92 Å². The molecule has 0 saturated carbocycles. The highest BCUT2D eigenvalue weighted by Crippen LogP contribution is 2.31. The summed E-state index contributed by atoms with van der Waals surface area (Å²) in [5.41, 5.74) is 2.31. The van der Waals surface area contributed by atoms with Gasteiger partial charge in [-0.05, 0) is 36.8 Å². The Hall–Kier alpha value is -2.63. The Bertz CT molecular complexity index is 687. The van der Waals surface area contributed by atoms with Crippen LogP contribution in [0.2, 0.25) is 0 Å². The van der Waals surface area contributed by atoms with E-state index in [2.05, 4.69) is 5.32 Å². The fourth-order valence-electron chi connectivity index (χ4n) is 2.13. The summed E-state index contributed by atoms with van der Waals surface area (Å²) in [6.45, 7) is 1.98. The summed E-state index contributed by atoms with van der Waals surface area (Å²) >= 11 is 0. The molecule has 1 N–H and O–H groups in total. The number of nitro benzene ring substituents is 1. The number of para-hydroxylation sites is 1. The lowest BCUT2D eigenvalue weighted by atomic mass is 10.1. The topological polar surface area (TPSA) is 58.4 Å². The van der Waals surface area contributed by atoms with Gasteiger partial charge in [0.2, 0.25) is 5.82 Å². The van der Waals surface area contributed by atoms with Crippen LogP contribution in [0.5, 0.6) is 0 Å². The largest absolute Gasteiger partial charge is 0.377 e. The van der Waals surface area contributed by atoms with Crippen molar-refractivity contribution in [1.82, 2.24) is 0 Å². The molecule has 110 valence electrons. The molecule has 0 radical (unpaired) electrons. The van der Waals surface area contributed by atoms with Crippen LogP contribution in [0.3, 0.4) is 0 Å². The van der Waals surface area contributed by atoms with Crippen molar-refractivity contribution in [3.63, 3.8) is 0 Å². The molecule has 0 saturated heterocycles. The van der Waals surface area contributed by atoms with Crippen LogP contribution in [-0.2, 0) is 0 Å². The smallest absolute Gasteiger partial charge is 0.327 e. The van der Waals surface area contributed by atoms with E-state index in [9.17, 15) is 14.5 Å². The third kappa shape index (κ3) is 3.10. The molecule has 0 spiro atoms. The molecule has 5 nitrogen and oxygen atoms in total. The summed E-state index contributed by atoms with van der Waals surface area (Å²) < 4.78 is 13.6. The predicted molar refractivity (Wildman–Crippen MR) is 81.8 cm³/mol. The first-order valence-electron chi connectivity index (χ1n) is 6.38. The molecular formula is C15H16FN3O2. The maximum atomic E-state index is 13.6. The zero-order valence-corrected chi connectivity index (χ0v) is 12.1. The molecule has 0 aliphatic carbocycles. The van der Waals surface area contributed by atoms with Crippen molar-refractivity contribution < 1.29 is 9.31 Å². The van der Waals surface area contributed by atoms with Gasteiger partial charge in [0.15, 0.2) is 0 Å². The molecule has 2 rings (SSSR count). The minimum atomic E-state index is -0.857. The minimum absolute atomic E-state index is 0.133. The highest BCUT2D eigenvalue weighted by Gasteiger charge is 2.19. The normalized spacial score (nSPS) is 10.3. The van der Waals surface area contributed by atoms with Crippen LogP contribution in [-0.4, -0.2) is 19.0 Å². The Kier molecular flexibility index (Phi) is 4.07.